The average molecular weight is 213 g/mol. The summed E-state index contributed by atoms with van der Waals surface area (Å²) in [5, 5.41) is 0. The first-order valence-corrected chi connectivity index (χ1v) is 6.31. The van der Waals surface area contributed by atoms with Gasteiger partial charge in [0, 0.05) is 5.92 Å². The van der Waals surface area contributed by atoms with E-state index in [1.807, 2.05) is 0 Å². The van der Waals surface area contributed by atoms with E-state index < -0.39 is 0 Å². The Balaban J connectivity index is 0.000000423. The Morgan fingerprint density at radius 3 is 2.00 bits per heavy atom. The fraction of sp³-hybridized carbons (Fsp3) is 0.923. The highest BCUT2D eigenvalue weighted by molar-refractivity contribution is 5.53. The molecule has 0 heterocycles. The lowest BCUT2D eigenvalue weighted by Crippen LogP contribution is -2.19. The van der Waals surface area contributed by atoms with Crippen molar-refractivity contribution in [3.05, 3.63) is 0 Å². The van der Waals surface area contributed by atoms with Gasteiger partial charge in [0.2, 0.25) is 0 Å². The summed E-state index contributed by atoms with van der Waals surface area (Å²) in [7, 11) is 0. The number of carbonyl (C=O) groups is 1. The Bertz CT molecular complexity index is 147. The topological polar surface area (TPSA) is 43.1 Å². The van der Waals surface area contributed by atoms with Crippen LogP contribution in [0.15, 0.2) is 0 Å². The van der Waals surface area contributed by atoms with Crippen LogP contribution < -0.4 is 5.73 Å². The van der Waals surface area contributed by atoms with Crippen LogP contribution in [-0.2, 0) is 4.79 Å². The molecule has 2 N–H and O–H groups in total. The van der Waals surface area contributed by atoms with Gasteiger partial charge in [0.05, 0.1) is 0 Å². The van der Waals surface area contributed by atoms with E-state index in [2.05, 4.69) is 20.8 Å². The summed E-state index contributed by atoms with van der Waals surface area (Å²) in [6.07, 6.45) is 7.03. The first-order valence-electron chi connectivity index (χ1n) is 6.31. The summed E-state index contributed by atoms with van der Waals surface area (Å²) < 4.78 is 0. The van der Waals surface area contributed by atoms with Crippen molar-refractivity contribution in [2.75, 3.05) is 6.54 Å². The third-order valence-corrected chi connectivity index (χ3v) is 3.24. The van der Waals surface area contributed by atoms with Gasteiger partial charge in [-0.15, -0.1) is 0 Å². The summed E-state index contributed by atoms with van der Waals surface area (Å²) in [5.41, 5.74) is 5.03. The summed E-state index contributed by atoms with van der Waals surface area (Å²) >= 11 is 0. The maximum Gasteiger partial charge on any atom is 0.123 e. The average Bonchev–Trinajstić information content (AvgIpc) is 2.29. The number of aldehydes is 1. The van der Waals surface area contributed by atoms with Crippen molar-refractivity contribution < 1.29 is 4.79 Å². The van der Waals surface area contributed by atoms with Gasteiger partial charge in [-0.3, -0.25) is 0 Å². The van der Waals surface area contributed by atoms with Gasteiger partial charge in [0.25, 0.3) is 0 Å². The zero-order valence-electron chi connectivity index (χ0n) is 10.5. The predicted molar refractivity (Wildman–Crippen MR) is 65.7 cm³/mol. The third kappa shape index (κ3) is 6.67. The fourth-order valence-corrected chi connectivity index (χ4v) is 1.95. The van der Waals surface area contributed by atoms with Crippen molar-refractivity contribution in [1.82, 2.24) is 0 Å². The molecule has 15 heavy (non-hydrogen) atoms. The van der Waals surface area contributed by atoms with Gasteiger partial charge in [-0.1, -0.05) is 20.8 Å². The van der Waals surface area contributed by atoms with Crippen LogP contribution in [0.4, 0.5) is 0 Å². The minimum atomic E-state index is 0.380. The van der Waals surface area contributed by atoms with Crippen molar-refractivity contribution in [2.45, 2.75) is 52.9 Å². The van der Waals surface area contributed by atoms with Crippen LogP contribution in [0.2, 0.25) is 0 Å². The van der Waals surface area contributed by atoms with Crippen LogP contribution in [0.5, 0.6) is 0 Å². The van der Waals surface area contributed by atoms with E-state index in [0.29, 0.717) is 5.92 Å². The van der Waals surface area contributed by atoms with E-state index in [1.165, 1.54) is 12.8 Å². The van der Waals surface area contributed by atoms with Gasteiger partial charge in [-0.2, -0.15) is 0 Å². The summed E-state index contributed by atoms with van der Waals surface area (Å²) in [6.45, 7) is 7.44. The Morgan fingerprint density at radius 1 is 1.27 bits per heavy atom. The zero-order valence-corrected chi connectivity index (χ0v) is 10.5. The molecule has 2 nitrogen and oxygen atoms in total. The number of hydrogen-bond donors (Lipinski definition) is 1. The molecular weight excluding hydrogens is 186 g/mol. The van der Waals surface area contributed by atoms with Gasteiger partial charge in [-0.05, 0) is 50.5 Å². The van der Waals surface area contributed by atoms with E-state index in [0.717, 1.165) is 43.9 Å². The van der Waals surface area contributed by atoms with Crippen LogP contribution >= 0.6 is 0 Å². The molecule has 0 amide bonds. The SMILES string of the molecule is CC(C)C1CCC(C=O)CC1.CCCN. The number of rotatable bonds is 3. The molecule has 1 rings (SSSR count). The molecular formula is C13H27NO. The minimum absolute atomic E-state index is 0.380. The van der Waals surface area contributed by atoms with E-state index in [1.54, 1.807) is 0 Å². The van der Waals surface area contributed by atoms with E-state index >= 15 is 0 Å². The number of nitrogens with two attached hydrogens (primary N) is 1. The van der Waals surface area contributed by atoms with Crippen LogP contribution in [0.1, 0.15) is 52.9 Å². The molecule has 0 saturated heterocycles. The Kier molecular flexibility index (Phi) is 8.68. The van der Waals surface area contributed by atoms with Crippen molar-refractivity contribution in [2.24, 2.45) is 23.5 Å². The van der Waals surface area contributed by atoms with Gasteiger partial charge >= 0.3 is 0 Å². The van der Waals surface area contributed by atoms with Crippen LogP contribution in [0, 0.1) is 17.8 Å². The molecule has 0 aromatic carbocycles. The third-order valence-electron chi connectivity index (χ3n) is 3.24. The highest BCUT2D eigenvalue weighted by Crippen LogP contribution is 2.31. The summed E-state index contributed by atoms with van der Waals surface area (Å²) in [5.74, 6) is 2.07. The van der Waals surface area contributed by atoms with E-state index in [9.17, 15) is 4.79 Å². The van der Waals surface area contributed by atoms with Gasteiger partial charge < -0.3 is 10.5 Å². The first-order chi connectivity index (χ1) is 7.15. The van der Waals surface area contributed by atoms with Crippen molar-refractivity contribution in [3.63, 3.8) is 0 Å². The molecule has 0 aromatic heterocycles. The van der Waals surface area contributed by atoms with Crippen LogP contribution in [-0.4, -0.2) is 12.8 Å². The minimum Gasteiger partial charge on any atom is -0.330 e. The number of carbonyl (C=O) groups excluding carboxylic acids is 1. The van der Waals surface area contributed by atoms with Gasteiger partial charge in [0.1, 0.15) is 6.29 Å². The monoisotopic (exact) mass is 213 g/mol. The Morgan fingerprint density at radius 2 is 1.73 bits per heavy atom. The molecule has 1 saturated carbocycles. The fourth-order valence-electron chi connectivity index (χ4n) is 1.95. The van der Waals surface area contributed by atoms with Gasteiger partial charge in [-0.25, -0.2) is 0 Å². The van der Waals surface area contributed by atoms with E-state index in [4.69, 9.17) is 5.73 Å². The lowest BCUT2D eigenvalue weighted by molar-refractivity contribution is -0.112. The van der Waals surface area contributed by atoms with Crippen molar-refractivity contribution in [3.8, 4) is 0 Å². The van der Waals surface area contributed by atoms with Crippen molar-refractivity contribution >= 4 is 6.29 Å². The quantitative estimate of drug-likeness (QED) is 0.732. The smallest absolute Gasteiger partial charge is 0.123 e. The lowest BCUT2D eigenvalue weighted by atomic mass is 9.77. The molecule has 0 aromatic rings. The zero-order chi connectivity index (χ0) is 11.7. The maximum absolute atomic E-state index is 10.4. The molecule has 0 spiro atoms. The standard InChI is InChI=1S/C10H18O.C3H9N/c1-8(2)10-5-3-9(7-11)4-6-10;1-2-3-4/h7-10H,3-6H2,1-2H3;2-4H2,1H3. The first kappa shape index (κ1) is 14.6. The molecule has 2 heteroatoms. The molecule has 90 valence electrons. The van der Waals surface area contributed by atoms with Crippen LogP contribution in [0.25, 0.3) is 0 Å². The second-order valence-electron chi connectivity index (χ2n) is 4.84. The largest absolute Gasteiger partial charge is 0.330 e. The molecule has 0 atom stereocenters. The molecule has 1 aliphatic carbocycles. The predicted octanol–water partition coefficient (Wildman–Crippen LogP) is 3.00. The highest BCUT2D eigenvalue weighted by atomic mass is 16.1. The second kappa shape index (κ2) is 8.90. The molecule has 0 bridgehead atoms. The van der Waals surface area contributed by atoms with Gasteiger partial charge in [0.15, 0.2) is 0 Å². The lowest BCUT2D eigenvalue weighted by Gasteiger charge is -2.28. The summed E-state index contributed by atoms with van der Waals surface area (Å²) in [6, 6.07) is 0. The van der Waals surface area contributed by atoms with Crippen LogP contribution in [0.3, 0.4) is 0 Å². The summed E-state index contributed by atoms with van der Waals surface area (Å²) in [4.78, 5) is 10.4. The van der Waals surface area contributed by atoms with Crippen molar-refractivity contribution in [1.29, 1.82) is 0 Å². The Labute approximate surface area is 94.6 Å². The number of hydrogen-bond acceptors (Lipinski definition) is 2. The molecule has 0 radical (unpaired) electrons. The molecule has 1 aliphatic rings. The molecule has 0 aliphatic heterocycles. The normalized spacial score (nSPS) is 25.7. The second-order valence-corrected chi connectivity index (χ2v) is 4.84. The maximum atomic E-state index is 10.4. The Hall–Kier alpha value is -0.370. The molecule has 1 fully saturated rings. The molecule has 0 unspecified atom stereocenters. The van der Waals surface area contributed by atoms with E-state index in [-0.39, 0.29) is 0 Å². The highest BCUT2D eigenvalue weighted by Gasteiger charge is 2.22.